The standard InChI is InChI=1S/C17H21F2N3/c1-11(2)22-6-4-5-12-7-13(15-9-21(3)10-20-15)14(17(18)19)8-16(12)22/h7-11,17H,4-6H2,1-3H3. The number of anilines is 1. The van der Waals surface area contributed by atoms with Crippen molar-refractivity contribution in [1.29, 1.82) is 0 Å². The summed E-state index contributed by atoms with van der Waals surface area (Å²) in [5.74, 6) is 0. The summed E-state index contributed by atoms with van der Waals surface area (Å²) in [6.07, 6.45) is 2.92. The number of alkyl halides is 2. The van der Waals surface area contributed by atoms with Crippen molar-refractivity contribution < 1.29 is 8.78 Å². The molecule has 118 valence electrons. The van der Waals surface area contributed by atoms with E-state index in [-0.39, 0.29) is 5.56 Å². The number of aromatic nitrogens is 2. The van der Waals surface area contributed by atoms with Gasteiger partial charge in [-0.3, -0.25) is 0 Å². The van der Waals surface area contributed by atoms with E-state index in [4.69, 9.17) is 0 Å². The topological polar surface area (TPSA) is 21.1 Å². The first-order valence-corrected chi connectivity index (χ1v) is 7.67. The lowest BCUT2D eigenvalue weighted by atomic mass is 9.93. The van der Waals surface area contributed by atoms with Gasteiger partial charge in [-0.1, -0.05) is 0 Å². The fourth-order valence-corrected chi connectivity index (χ4v) is 3.17. The molecular formula is C17H21F2N3. The average Bonchev–Trinajstić information content (AvgIpc) is 2.91. The zero-order valence-corrected chi connectivity index (χ0v) is 13.2. The van der Waals surface area contributed by atoms with Crippen LogP contribution in [-0.2, 0) is 13.5 Å². The van der Waals surface area contributed by atoms with Gasteiger partial charge in [-0.15, -0.1) is 0 Å². The van der Waals surface area contributed by atoms with Gasteiger partial charge in [-0.05, 0) is 44.4 Å². The monoisotopic (exact) mass is 305 g/mol. The molecule has 0 amide bonds. The van der Waals surface area contributed by atoms with E-state index in [9.17, 15) is 8.78 Å². The number of halogens is 2. The van der Waals surface area contributed by atoms with Crippen molar-refractivity contribution in [2.75, 3.05) is 11.4 Å². The zero-order valence-electron chi connectivity index (χ0n) is 13.2. The molecule has 0 spiro atoms. The number of hydrogen-bond acceptors (Lipinski definition) is 2. The number of benzene rings is 1. The van der Waals surface area contributed by atoms with Crippen molar-refractivity contribution in [3.63, 3.8) is 0 Å². The highest BCUT2D eigenvalue weighted by atomic mass is 19.3. The second-order valence-electron chi connectivity index (χ2n) is 6.18. The number of fused-ring (bicyclic) bond motifs is 1. The first kappa shape index (κ1) is 15.0. The first-order chi connectivity index (χ1) is 10.5. The van der Waals surface area contributed by atoms with Crippen molar-refractivity contribution in [3.8, 4) is 11.3 Å². The quantitative estimate of drug-likeness (QED) is 0.848. The van der Waals surface area contributed by atoms with Crippen LogP contribution >= 0.6 is 0 Å². The number of imidazole rings is 1. The Balaban J connectivity index is 2.16. The lowest BCUT2D eigenvalue weighted by molar-refractivity contribution is 0.152. The van der Waals surface area contributed by atoms with E-state index < -0.39 is 6.43 Å². The van der Waals surface area contributed by atoms with Gasteiger partial charge in [0.2, 0.25) is 0 Å². The summed E-state index contributed by atoms with van der Waals surface area (Å²) in [4.78, 5) is 6.46. The predicted octanol–water partition coefficient (Wildman–Crippen LogP) is 4.19. The second-order valence-corrected chi connectivity index (χ2v) is 6.18. The van der Waals surface area contributed by atoms with Crippen LogP contribution in [0.1, 0.15) is 37.8 Å². The minimum absolute atomic E-state index is 0.0741. The molecule has 1 aliphatic rings. The van der Waals surface area contributed by atoms with Crippen molar-refractivity contribution in [2.45, 2.75) is 39.2 Å². The highest BCUT2D eigenvalue weighted by Crippen LogP contribution is 2.38. The van der Waals surface area contributed by atoms with Gasteiger partial charge in [-0.25, -0.2) is 13.8 Å². The van der Waals surface area contributed by atoms with E-state index in [2.05, 4.69) is 23.7 Å². The molecule has 0 fully saturated rings. The van der Waals surface area contributed by atoms with Crippen LogP contribution in [0.2, 0.25) is 0 Å². The number of hydrogen-bond donors (Lipinski definition) is 0. The molecular weight excluding hydrogens is 284 g/mol. The molecule has 0 bridgehead atoms. The summed E-state index contributed by atoms with van der Waals surface area (Å²) in [5, 5.41) is 0. The largest absolute Gasteiger partial charge is 0.369 e. The van der Waals surface area contributed by atoms with Crippen LogP contribution in [-0.4, -0.2) is 22.1 Å². The van der Waals surface area contributed by atoms with E-state index in [1.54, 1.807) is 23.2 Å². The molecule has 3 nitrogen and oxygen atoms in total. The van der Waals surface area contributed by atoms with Crippen LogP contribution in [0.4, 0.5) is 14.5 Å². The Labute approximate surface area is 129 Å². The molecule has 0 saturated carbocycles. The Morgan fingerprint density at radius 3 is 2.59 bits per heavy atom. The van der Waals surface area contributed by atoms with Gasteiger partial charge in [0.25, 0.3) is 6.43 Å². The molecule has 0 aliphatic carbocycles. The average molecular weight is 305 g/mol. The Kier molecular flexibility index (Phi) is 3.89. The van der Waals surface area contributed by atoms with Crippen molar-refractivity contribution >= 4 is 5.69 Å². The Bertz CT molecular complexity index is 677. The maximum absolute atomic E-state index is 13.6. The molecule has 0 N–H and O–H groups in total. The SMILES string of the molecule is CC(C)N1CCCc2cc(-c3cn(C)cn3)c(C(F)F)cc21. The van der Waals surface area contributed by atoms with Gasteiger partial charge in [0.15, 0.2) is 0 Å². The summed E-state index contributed by atoms with van der Waals surface area (Å²) in [6.45, 7) is 5.13. The number of aryl methyl sites for hydroxylation is 2. The highest BCUT2D eigenvalue weighted by molar-refractivity contribution is 5.71. The highest BCUT2D eigenvalue weighted by Gasteiger charge is 2.25. The first-order valence-electron chi connectivity index (χ1n) is 7.67. The number of nitrogens with zero attached hydrogens (tertiary/aromatic N) is 3. The second kappa shape index (κ2) is 5.71. The van der Waals surface area contributed by atoms with Crippen LogP contribution in [0.25, 0.3) is 11.3 Å². The Morgan fingerprint density at radius 1 is 1.23 bits per heavy atom. The maximum Gasteiger partial charge on any atom is 0.264 e. The lowest BCUT2D eigenvalue weighted by Gasteiger charge is -2.35. The molecule has 5 heteroatoms. The molecule has 2 aromatic rings. The van der Waals surface area contributed by atoms with Crippen LogP contribution in [0, 0.1) is 0 Å². The van der Waals surface area contributed by atoms with E-state index in [0.29, 0.717) is 17.3 Å². The molecule has 2 heterocycles. The minimum Gasteiger partial charge on any atom is -0.369 e. The van der Waals surface area contributed by atoms with E-state index in [1.165, 1.54) is 0 Å². The fraction of sp³-hybridized carbons (Fsp3) is 0.471. The maximum atomic E-state index is 13.6. The molecule has 1 aromatic heterocycles. The van der Waals surface area contributed by atoms with Gasteiger partial charge in [0.1, 0.15) is 0 Å². The van der Waals surface area contributed by atoms with E-state index in [0.717, 1.165) is 30.6 Å². The van der Waals surface area contributed by atoms with Crippen LogP contribution < -0.4 is 4.90 Å². The Morgan fingerprint density at radius 2 is 2.00 bits per heavy atom. The predicted molar refractivity (Wildman–Crippen MR) is 84.4 cm³/mol. The van der Waals surface area contributed by atoms with E-state index in [1.807, 2.05) is 13.1 Å². The summed E-state index contributed by atoms with van der Waals surface area (Å²) in [6, 6.07) is 3.89. The normalized spacial score (nSPS) is 14.8. The van der Waals surface area contributed by atoms with Crippen LogP contribution in [0.3, 0.4) is 0 Å². The van der Waals surface area contributed by atoms with E-state index >= 15 is 0 Å². The molecule has 1 aliphatic heterocycles. The third kappa shape index (κ3) is 2.60. The fourth-order valence-electron chi connectivity index (χ4n) is 3.17. The van der Waals surface area contributed by atoms with Crippen LogP contribution in [0.15, 0.2) is 24.7 Å². The summed E-state index contributed by atoms with van der Waals surface area (Å²) < 4.78 is 28.9. The van der Waals surface area contributed by atoms with Crippen molar-refractivity contribution in [3.05, 3.63) is 35.8 Å². The molecule has 0 saturated heterocycles. The smallest absolute Gasteiger partial charge is 0.264 e. The minimum atomic E-state index is -2.50. The third-order valence-corrected chi connectivity index (χ3v) is 4.24. The molecule has 22 heavy (non-hydrogen) atoms. The lowest BCUT2D eigenvalue weighted by Crippen LogP contribution is -2.35. The van der Waals surface area contributed by atoms with Gasteiger partial charge < -0.3 is 9.47 Å². The number of rotatable bonds is 3. The van der Waals surface area contributed by atoms with Gasteiger partial charge in [0.05, 0.1) is 12.0 Å². The van der Waals surface area contributed by atoms with Gasteiger partial charge in [0, 0.05) is 42.6 Å². The summed E-state index contributed by atoms with van der Waals surface area (Å²) >= 11 is 0. The van der Waals surface area contributed by atoms with Crippen molar-refractivity contribution in [1.82, 2.24) is 9.55 Å². The molecule has 0 atom stereocenters. The Hall–Kier alpha value is -1.91. The van der Waals surface area contributed by atoms with Crippen molar-refractivity contribution in [2.24, 2.45) is 7.05 Å². The zero-order chi connectivity index (χ0) is 15.9. The molecule has 0 unspecified atom stereocenters. The summed E-state index contributed by atoms with van der Waals surface area (Å²) in [7, 11) is 1.84. The summed E-state index contributed by atoms with van der Waals surface area (Å²) in [5.41, 5.74) is 3.34. The molecule has 3 rings (SSSR count). The molecule has 1 aromatic carbocycles. The molecule has 0 radical (unpaired) electrons. The van der Waals surface area contributed by atoms with Gasteiger partial charge in [-0.2, -0.15) is 0 Å². The van der Waals surface area contributed by atoms with Gasteiger partial charge >= 0.3 is 0 Å². The third-order valence-electron chi connectivity index (χ3n) is 4.24. The van der Waals surface area contributed by atoms with Crippen LogP contribution in [0.5, 0.6) is 0 Å².